The zero-order chi connectivity index (χ0) is 20.3. The van der Waals surface area contributed by atoms with E-state index in [4.69, 9.17) is 10.00 Å². The van der Waals surface area contributed by atoms with Gasteiger partial charge in [-0.1, -0.05) is 23.8 Å². The average Bonchev–Trinajstić information content (AvgIpc) is 2.82. The fourth-order valence-electron chi connectivity index (χ4n) is 3.45. The van der Waals surface area contributed by atoms with Crippen molar-refractivity contribution in [2.45, 2.75) is 37.0 Å². The highest BCUT2D eigenvalue weighted by Crippen LogP contribution is 2.39. The third-order valence-corrected chi connectivity index (χ3v) is 6.81. The fraction of sp³-hybridized carbons (Fsp3) is 0.333. The standard InChI is InChI=1S/C21H22N2O4S/c1-15-5-8-17(9-6-15)28(25,26)23-13-11-21(24)19(4-3-12-22)18-10-7-16(27-2)14-20(18)23/h5-10,14,19H,3-4,11,13H2,1-2H3/t19-/m0/s1. The molecule has 2 aromatic rings. The Bertz CT molecular complexity index is 1020. The molecule has 2 aromatic carbocycles. The molecule has 6 nitrogen and oxygen atoms in total. The molecule has 7 heteroatoms. The molecule has 1 heterocycles. The average molecular weight is 398 g/mol. The number of nitriles is 1. The van der Waals surface area contributed by atoms with Crippen molar-refractivity contribution in [3.8, 4) is 11.8 Å². The van der Waals surface area contributed by atoms with E-state index in [9.17, 15) is 13.2 Å². The minimum Gasteiger partial charge on any atom is -0.497 e. The van der Waals surface area contributed by atoms with Gasteiger partial charge in [-0.25, -0.2) is 8.42 Å². The molecule has 0 saturated carbocycles. The second kappa shape index (κ2) is 8.03. The largest absolute Gasteiger partial charge is 0.497 e. The van der Waals surface area contributed by atoms with Crippen molar-refractivity contribution in [1.82, 2.24) is 0 Å². The Hall–Kier alpha value is -2.85. The van der Waals surface area contributed by atoms with Crippen LogP contribution in [0, 0.1) is 18.3 Å². The molecule has 0 radical (unpaired) electrons. The van der Waals surface area contributed by atoms with Gasteiger partial charge in [0.2, 0.25) is 0 Å². The van der Waals surface area contributed by atoms with Gasteiger partial charge in [-0.3, -0.25) is 9.10 Å². The number of anilines is 1. The van der Waals surface area contributed by atoms with Crippen LogP contribution in [0.4, 0.5) is 5.69 Å². The molecular formula is C21H22N2O4S. The van der Waals surface area contributed by atoms with Gasteiger partial charge in [0, 0.05) is 31.4 Å². The zero-order valence-electron chi connectivity index (χ0n) is 15.9. The van der Waals surface area contributed by atoms with Crippen LogP contribution < -0.4 is 9.04 Å². The smallest absolute Gasteiger partial charge is 0.264 e. The summed E-state index contributed by atoms with van der Waals surface area (Å²) >= 11 is 0. The van der Waals surface area contributed by atoms with E-state index in [-0.39, 0.29) is 30.1 Å². The van der Waals surface area contributed by atoms with Gasteiger partial charge in [-0.05, 0) is 37.1 Å². The number of hydrogen-bond donors (Lipinski definition) is 0. The summed E-state index contributed by atoms with van der Waals surface area (Å²) in [5, 5.41) is 8.95. The van der Waals surface area contributed by atoms with Crippen LogP contribution in [0.15, 0.2) is 47.4 Å². The van der Waals surface area contributed by atoms with Crippen LogP contribution in [0.3, 0.4) is 0 Å². The van der Waals surface area contributed by atoms with E-state index in [2.05, 4.69) is 6.07 Å². The van der Waals surface area contributed by atoms with E-state index < -0.39 is 15.9 Å². The summed E-state index contributed by atoms with van der Waals surface area (Å²) in [5.74, 6) is -0.0433. The SMILES string of the molecule is COc1ccc2c(c1)N(S(=O)(=O)c1ccc(C)cc1)CCC(=O)[C@H]2CCC#N. The lowest BCUT2D eigenvalue weighted by Crippen LogP contribution is -2.32. The molecule has 146 valence electrons. The molecule has 0 unspecified atom stereocenters. The summed E-state index contributed by atoms with van der Waals surface area (Å²) in [6, 6.07) is 13.8. The van der Waals surface area contributed by atoms with Crippen molar-refractivity contribution < 1.29 is 17.9 Å². The molecule has 3 rings (SSSR count). The van der Waals surface area contributed by atoms with Gasteiger partial charge >= 0.3 is 0 Å². The highest BCUT2D eigenvalue weighted by Gasteiger charge is 2.35. The Kier molecular flexibility index (Phi) is 5.71. The molecule has 0 amide bonds. The first kappa shape index (κ1) is 19.9. The number of methoxy groups -OCH3 is 1. The number of carbonyl (C=O) groups excluding carboxylic acids is 1. The molecule has 0 bridgehead atoms. The van der Waals surface area contributed by atoms with Gasteiger partial charge in [-0.2, -0.15) is 5.26 Å². The van der Waals surface area contributed by atoms with Crippen molar-refractivity contribution in [2.24, 2.45) is 0 Å². The second-order valence-electron chi connectivity index (χ2n) is 6.78. The third-order valence-electron chi connectivity index (χ3n) is 4.99. The number of aryl methyl sites for hydroxylation is 1. The number of benzene rings is 2. The van der Waals surface area contributed by atoms with E-state index in [1.54, 1.807) is 42.5 Å². The highest BCUT2D eigenvalue weighted by molar-refractivity contribution is 7.92. The molecule has 0 fully saturated rings. The number of nitrogens with zero attached hydrogens (tertiary/aromatic N) is 2. The van der Waals surface area contributed by atoms with E-state index in [1.165, 1.54) is 11.4 Å². The predicted octanol–water partition coefficient (Wildman–Crippen LogP) is 3.56. The first-order valence-electron chi connectivity index (χ1n) is 9.05. The van der Waals surface area contributed by atoms with E-state index in [0.29, 0.717) is 23.4 Å². The summed E-state index contributed by atoms with van der Waals surface area (Å²) in [5.41, 5.74) is 2.02. The number of sulfonamides is 1. The van der Waals surface area contributed by atoms with E-state index in [1.807, 2.05) is 6.92 Å². The quantitative estimate of drug-likeness (QED) is 0.768. The number of ether oxygens (including phenoxy) is 1. The van der Waals surface area contributed by atoms with Crippen molar-refractivity contribution in [3.05, 3.63) is 53.6 Å². The third kappa shape index (κ3) is 3.73. The zero-order valence-corrected chi connectivity index (χ0v) is 16.7. The van der Waals surface area contributed by atoms with Crippen molar-refractivity contribution >= 4 is 21.5 Å². The van der Waals surface area contributed by atoms with Gasteiger partial charge in [0.1, 0.15) is 11.5 Å². The summed E-state index contributed by atoms with van der Waals surface area (Å²) in [4.78, 5) is 12.9. The second-order valence-corrected chi connectivity index (χ2v) is 8.64. The normalized spacial score (nSPS) is 16.8. The minimum atomic E-state index is -3.85. The number of rotatable bonds is 5. The number of hydrogen-bond acceptors (Lipinski definition) is 5. The predicted molar refractivity (Wildman–Crippen MR) is 106 cm³/mol. The van der Waals surface area contributed by atoms with Crippen molar-refractivity contribution in [2.75, 3.05) is 18.0 Å². The Labute approximate surface area is 165 Å². The molecular weight excluding hydrogens is 376 g/mol. The van der Waals surface area contributed by atoms with Gasteiger partial charge in [0.25, 0.3) is 10.0 Å². The lowest BCUT2D eigenvalue weighted by molar-refractivity contribution is -0.120. The molecule has 28 heavy (non-hydrogen) atoms. The summed E-state index contributed by atoms with van der Waals surface area (Å²) in [6.45, 7) is 1.94. The molecule has 0 saturated heterocycles. The molecule has 1 aliphatic heterocycles. The maximum Gasteiger partial charge on any atom is 0.264 e. The first-order valence-corrected chi connectivity index (χ1v) is 10.5. The van der Waals surface area contributed by atoms with Gasteiger partial charge in [-0.15, -0.1) is 0 Å². The van der Waals surface area contributed by atoms with E-state index in [0.717, 1.165) is 5.56 Å². The van der Waals surface area contributed by atoms with Gasteiger partial charge in [0.05, 0.1) is 23.8 Å². The van der Waals surface area contributed by atoms with Crippen LogP contribution in [0.2, 0.25) is 0 Å². The molecule has 0 N–H and O–H groups in total. The molecule has 1 aliphatic rings. The van der Waals surface area contributed by atoms with Crippen LogP contribution in [0.5, 0.6) is 5.75 Å². The van der Waals surface area contributed by atoms with Crippen molar-refractivity contribution in [3.63, 3.8) is 0 Å². The number of carbonyl (C=O) groups is 1. The van der Waals surface area contributed by atoms with Crippen LogP contribution in [-0.4, -0.2) is 27.9 Å². The van der Waals surface area contributed by atoms with Gasteiger partial charge in [0.15, 0.2) is 0 Å². The van der Waals surface area contributed by atoms with Crippen LogP contribution >= 0.6 is 0 Å². The molecule has 0 aliphatic carbocycles. The maximum atomic E-state index is 13.4. The van der Waals surface area contributed by atoms with E-state index >= 15 is 0 Å². The highest BCUT2D eigenvalue weighted by atomic mass is 32.2. The fourth-order valence-corrected chi connectivity index (χ4v) is 4.94. The van der Waals surface area contributed by atoms with Crippen molar-refractivity contribution in [1.29, 1.82) is 5.26 Å². The molecule has 1 atom stereocenters. The lowest BCUT2D eigenvalue weighted by Gasteiger charge is -2.25. The van der Waals surface area contributed by atoms with Crippen LogP contribution in [-0.2, 0) is 14.8 Å². The number of Topliss-reactive ketones (excluding diaryl/α,β-unsaturated/α-hetero) is 1. The number of ketones is 1. The molecule has 0 spiro atoms. The summed E-state index contributed by atoms with van der Waals surface area (Å²) < 4.78 is 33.3. The van der Waals surface area contributed by atoms with Crippen LogP contribution in [0.1, 0.15) is 36.3 Å². The molecule has 0 aromatic heterocycles. The summed E-state index contributed by atoms with van der Waals surface area (Å²) in [6.07, 6.45) is 0.692. The van der Waals surface area contributed by atoms with Crippen LogP contribution in [0.25, 0.3) is 0 Å². The Morgan fingerprint density at radius 2 is 1.93 bits per heavy atom. The Balaban J connectivity index is 2.15. The monoisotopic (exact) mass is 398 g/mol. The lowest BCUT2D eigenvalue weighted by atomic mass is 9.89. The maximum absolute atomic E-state index is 13.4. The van der Waals surface area contributed by atoms with Gasteiger partial charge < -0.3 is 4.74 Å². The summed E-state index contributed by atoms with van der Waals surface area (Å²) in [7, 11) is -2.34. The first-order chi connectivity index (χ1) is 13.4. The minimum absolute atomic E-state index is 0.0525. The Morgan fingerprint density at radius 3 is 2.57 bits per heavy atom. The topological polar surface area (TPSA) is 87.5 Å². The Morgan fingerprint density at radius 1 is 1.21 bits per heavy atom. The number of fused-ring (bicyclic) bond motifs is 1.